The Hall–Kier alpha value is -2.18. The van der Waals surface area contributed by atoms with Crippen molar-refractivity contribution in [3.05, 3.63) is 29.8 Å². The molecule has 0 amide bonds. The second kappa shape index (κ2) is 4.25. The number of ether oxygens (including phenoxy) is 1. The van der Waals surface area contributed by atoms with Gasteiger partial charge in [-0.2, -0.15) is 13.2 Å². The minimum atomic E-state index is -4.52. The summed E-state index contributed by atoms with van der Waals surface area (Å²) in [4.78, 5) is 0. The average molecular weight is 258 g/mol. The number of nitrogens with zero attached hydrogens (tertiary/aromatic N) is 1. The highest BCUT2D eigenvalue weighted by molar-refractivity contribution is 5.72. The fourth-order valence-electron chi connectivity index (χ4n) is 1.61. The van der Waals surface area contributed by atoms with Gasteiger partial charge in [0.15, 0.2) is 0 Å². The summed E-state index contributed by atoms with van der Waals surface area (Å²) in [6.07, 6.45) is -4.52. The van der Waals surface area contributed by atoms with Crippen molar-refractivity contribution in [1.29, 1.82) is 0 Å². The third-order valence-electron chi connectivity index (χ3n) is 2.34. The van der Waals surface area contributed by atoms with Gasteiger partial charge in [-0.3, -0.25) is 0 Å². The number of hydrogen-bond acceptors (Lipinski definition) is 4. The van der Waals surface area contributed by atoms with E-state index in [2.05, 4.69) is 9.68 Å². The van der Waals surface area contributed by atoms with Gasteiger partial charge in [0.2, 0.25) is 5.88 Å². The molecule has 4 nitrogen and oxygen atoms in total. The number of anilines is 1. The van der Waals surface area contributed by atoms with E-state index in [0.717, 1.165) is 6.07 Å². The second-order valence-corrected chi connectivity index (χ2v) is 3.50. The number of alkyl halides is 3. The Labute approximate surface area is 100 Å². The second-order valence-electron chi connectivity index (χ2n) is 3.50. The highest BCUT2D eigenvalue weighted by Gasteiger charge is 2.35. The topological polar surface area (TPSA) is 61.3 Å². The predicted molar refractivity (Wildman–Crippen MR) is 57.9 cm³/mol. The molecule has 2 rings (SSSR count). The largest absolute Gasteiger partial charge is 0.496 e. The van der Waals surface area contributed by atoms with Crippen LogP contribution in [0.2, 0.25) is 0 Å². The molecular weight excluding hydrogens is 249 g/mol. The molecule has 96 valence electrons. The summed E-state index contributed by atoms with van der Waals surface area (Å²) in [5.41, 5.74) is 4.26. The summed E-state index contributed by atoms with van der Waals surface area (Å²) >= 11 is 0. The number of halogens is 3. The zero-order valence-electron chi connectivity index (χ0n) is 9.28. The summed E-state index contributed by atoms with van der Waals surface area (Å²) in [6.45, 7) is 0. The summed E-state index contributed by atoms with van der Waals surface area (Å²) < 4.78 is 48.2. The number of nitrogens with two attached hydrogens (primary N) is 1. The van der Waals surface area contributed by atoms with Crippen LogP contribution in [-0.2, 0) is 6.18 Å². The van der Waals surface area contributed by atoms with E-state index in [0.29, 0.717) is 0 Å². The lowest BCUT2D eigenvalue weighted by Crippen LogP contribution is -2.08. The maximum absolute atomic E-state index is 12.9. The first-order chi connectivity index (χ1) is 8.43. The quantitative estimate of drug-likeness (QED) is 0.899. The van der Waals surface area contributed by atoms with Crippen molar-refractivity contribution in [2.45, 2.75) is 6.18 Å². The van der Waals surface area contributed by atoms with Gasteiger partial charge in [-0.1, -0.05) is 11.2 Å². The van der Waals surface area contributed by atoms with Crippen molar-refractivity contribution in [2.75, 3.05) is 12.8 Å². The van der Waals surface area contributed by atoms with E-state index in [9.17, 15) is 13.2 Å². The van der Waals surface area contributed by atoms with Crippen LogP contribution in [0.25, 0.3) is 11.3 Å². The molecule has 0 saturated heterocycles. The Morgan fingerprint density at radius 3 is 2.56 bits per heavy atom. The number of benzene rings is 1. The molecule has 2 aromatic rings. The monoisotopic (exact) mass is 258 g/mol. The van der Waals surface area contributed by atoms with Crippen molar-refractivity contribution >= 4 is 5.88 Å². The molecule has 1 aromatic heterocycles. The Bertz CT molecular complexity index is 564. The number of hydrogen-bond donors (Lipinski definition) is 1. The molecule has 1 aromatic carbocycles. The molecule has 0 bridgehead atoms. The van der Waals surface area contributed by atoms with Crippen LogP contribution in [0, 0.1) is 0 Å². The zero-order valence-corrected chi connectivity index (χ0v) is 9.28. The van der Waals surface area contributed by atoms with Crippen LogP contribution in [-0.4, -0.2) is 12.3 Å². The van der Waals surface area contributed by atoms with Gasteiger partial charge in [-0.05, 0) is 12.1 Å². The average Bonchev–Trinajstić information content (AvgIpc) is 2.73. The standard InChI is InChI=1S/C11H9F3N2O2/c1-17-8-4-2-3-6(11(12,13)14)10(8)7-5-9(15)18-16-7/h2-5H,15H2,1H3. The Balaban J connectivity index is 2.69. The molecule has 0 aliphatic rings. The zero-order chi connectivity index (χ0) is 13.3. The predicted octanol–water partition coefficient (Wildman–Crippen LogP) is 2.95. The fraction of sp³-hybridized carbons (Fsp3) is 0.182. The van der Waals surface area contributed by atoms with E-state index in [-0.39, 0.29) is 22.9 Å². The molecule has 0 unspecified atom stereocenters. The van der Waals surface area contributed by atoms with Crippen molar-refractivity contribution in [3.8, 4) is 17.0 Å². The number of rotatable bonds is 2. The molecule has 0 saturated carbocycles. The van der Waals surface area contributed by atoms with Crippen molar-refractivity contribution in [3.63, 3.8) is 0 Å². The van der Waals surface area contributed by atoms with Gasteiger partial charge < -0.3 is 15.0 Å². The Morgan fingerprint density at radius 1 is 1.33 bits per heavy atom. The van der Waals surface area contributed by atoms with Crippen LogP contribution in [0.15, 0.2) is 28.8 Å². The Kier molecular flexibility index (Phi) is 2.90. The van der Waals surface area contributed by atoms with Gasteiger partial charge >= 0.3 is 6.18 Å². The van der Waals surface area contributed by atoms with Gasteiger partial charge in [0.05, 0.1) is 18.2 Å². The summed E-state index contributed by atoms with van der Waals surface area (Å²) in [5, 5.41) is 3.49. The molecular formula is C11H9F3N2O2. The lowest BCUT2D eigenvalue weighted by molar-refractivity contribution is -0.137. The van der Waals surface area contributed by atoms with E-state index in [1.807, 2.05) is 0 Å². The van der Waals surface area contributed by atoms with Gasteiger partial charge in [-0.15, -0.1) is 0 Å². The normalized spacial score (nSPS) is 11.6. The van der Waals surface area contributed by atoms with E-state index in [1.165, 1.54) is 25.3 Å². The fourth-order valence-corrected chi connectivity index (χ4v) is 1.61. The lowest BCUT2D eigenvalue weighted by atomic mass is 10.0. The van der Waals surface area contributed by atoms with Crippen molar-refractivity contribution < 1.29 is 22.4 Å². The van der Waals surface area contributed by atoms with E-state index < -0.39 is 11.7 Å². The third-order valence-corrected chi connectivity index (χ3v) is 2.34. The smallest absolute Gasteiger partial charge is 0.417 e. The van der Waals surface area contributed by atoms with E-state index in [4.69, 9.17) is 10.5 Å². The summed E-state index contributed by atoms with van der Waals surface area (Å²) in [5.74, 6) is -0.0119. The van der Waals surface area contributed by atoms with Crippen molar-refractivity contribution in [2.24, 2.45) is 0 Å². The molecule has 0 aliphatic carbocycles. The molecule has 0 aliphatic heterocycles. The third kappa shape index (κ3) is 2.11. The molecule has 1 heterocycles. The van der Waals surface area contributed by atoms with E-state index >= 15 is 0 Å². The summed E-state index contributed by atoms with van der Waals surface area (Å²) in [7, 11) is 1.28. The van der Waals surface area contributed by atoms with Crippen LogP contribution in [0.3, 0.4) is 0 Å². The van der Waals surface area contributed by atoms with Crippen LogP contribution < -0.4 is 10.5 Å². The molecule has 7 heteroatoms. The molecule has 0 fully saturated rings. The van der Waals surface area contributed by atoms with Crippen LogP contribution in [0.1, 0.15) is 5.56 Å². The first-order valence-electron chi connectivity index (χ1n) is 4.90. The first-order valence-corrected chi connectivity index (χ1v) is 4.90. The van der Waals surface area contributed by atoms with Gasteiger partial charge in [0.25, 0.3) is 0 Å². The molecule has 0 atom stereocenters. The highest BCUT2D eigenvalue weighted by atomic mass is 19.4. The van der Waals surface area contributed by atoms with Crippen LogP contribution in [0.4, 0.5) is 19.1 Å². The van der Waals surface area contributed by atoms with Crippen molar-refractivity contribution in [1.82, 2.24) is 5.16 Å². The molecule has 0 spiro atoms. The molecule has 0 radical (unpaired) electrons. The van der Waals surface area contributed by atoms with E-state index in [1.54, 1.807) is 0 Å². The minimum absolute atomic E-state index is 0.0164. The summed E-state index contributed by atoms with van der Waals surface area (Å²) in [6, 6.07) is 4.83. The highest BCUT2D eigenvalue weighted by Crippen LogP contribution is 2.41. The van der Waals surface area contributed by atoms with Gasteiger partial charge in [0, 0.05) is 6.07 Å². The first kappa shape index (κ1) is 12.3. The van der Waals surface area contributed by atoms with Gasteiger partial charge in [-0.25, -0.2) is 0 Å². The SMILES string of the molecule is COc1cccc(C(F)(F)F)c1-c1cc(N)on1. The maximum Gasteiger partial charge on any atom is 0.417 e. The Morgan fingerprint density at radius 2 is 2.06 bits per heavy atom. The molecule has 18 heavy (non-hydrogen) atoms. The van der Waals surface area contributed by atoms with Gasteiger partial charge in [0.1, 0.15) is 11.4 Å². The number of aromatic nitrogens is 1. The molecule has 2 N–H and O–H groups in total. The van der Waals surface area contributed by atoms with Crippen LogP contribution >= 0.6 is 0 Å². The minimum Gasteiger partial charge on any atom is -0.496 e. The number of methoxy groups -OCH3 is 1. The maximum atomic E-state index is 12.9. The lowest BCUT2D eigenvalue weighted by Gasteiger charge is -2.13. The number of nitrogen functional groups attached to an aromatic ring is 1. The van der Waals surface area contributed by atoms with Crippen LogP contribution in [0.5, 0.6) is 5.75 Å².